The van der Waals surface area contributed by atoms with E-state index in [-0.39, 0.29) is 18.0 Å². The normalized spacial score (nSPS) is 27.3. The molecule has 0 saturated carbocycles. The molecule has 3 unspecified atom stereocenters. The Morgan fingerprint density at radius 1 is 1.72 bits per heavy atom. The summed E-state index contributed by atoms with van der Waals surface area (Å²) < 4.78 is 7.29. The van der Waals surface area contributed by atoms with E-state index in [4.69, 9.17) is 4.74 Å². The quantitative estimate of drug-likeness (QED) is 0.595. The molecule has 0 amide bonds. The molecule has 0 aliphatic carbocycles. The number of hydrogen-bond donors (Lipinski definition) is 1. The van der Waals surface area contributed by atoms with Crippen molar-refractivity contribution in [2.45, 2.75) is 38.4 Å². The third kappa shape index (κ3) is 5.24. The molecule has 0 radical (unpaired) electrons. The molecule has 0 aromatic carbocycles. The Morgan fingerprint density at radius 3 is 3.06 bits per heavy atom. The molecule has 0 spiro atoms. The first-order valence-electron chi connectivity index (χ1n) is 6.33. The number of carbonyl (C=O) groups excluding carboxylic acids is 1. The molecule has 1 aliphatic rings. The number of aliphatic hydroxyl groups excluding tert-OH is 1. The number of aliphatic hydroxyl groups is 1. The van der Waals surface area contributed by atoms with E-state index >= 15 is 0 Å². The van der Waals surface area contributed by atoms with Gasteiger partial charge < -0.3 is 14.7 Å². The molecule has 0 bridgehead atoms. The van der Waals surface area contributed by atoms with Crippen molar-refractivity contribution >= 4 is 28.6 Å². The summed E-state index contributed by atoms with van der Waals surface area (Å²) in [7, 11) is 2.04. The summed E-state index contributed by atoms with van der Waals surface area (Å²) in [5, 5.41) is 10.2. The van der Waals surface area contributed by atoms with Crippen molar-refractivity contribution in [3.8, 4) is 0 Å². The van der Waals surface area contributed by atoms with Crippen LogP contribution in [0.1, 0.15) is 26.2 Å². The van der Waals surface area contributed by atoms with Crippen LogP contribution in [0.25, 0.3) is 0 Å². The zero-order valence-corrected chi connectivity index (χ0v) is 13.2. The summed E-state index contributed by atoms with van der Waals surface area (Å²) in [6.07, 6.45) is 3.87. The van der Waals surface area contributed by atoms with Crippen LogP contribution in [0.4, 0.5) is 0 Å². The molecule has 3 atom stereocenters. The van der Waals surface area contributed by atoms with E-state index < -0.39 is 6.10 Å². The first-order chi connectivity index (χ1) is 8.54. The number of carbonyl (C=O) groups is 1. The third-order valence-corrected chi connectivity index (χ3v) is 3.83. The smallest absolute Gasteiger partial charge is 0.302 e. The Kier molecular flexibility index (Phi) is 7.18. The van der Waals surface area contributed by atoms with Crippen LogP contribution in [-0.2, 0) is 9.53 Å². The van der Waals surface area contributed by atoms with E-state index in [9.17, 15) is 9.90 Å². The molecule has 104 valence electrons. The summed E-state index contributed by atoms with van der Waals surface area (Å²) in [6, 6.07) is 0. The van der Waals surface area contributed by atoms with E-state index in [2.05, 4.69) is 27.5 Å². The van der Waals surface area contributed by atoms with Crippen molar-refractivity contribution in [1.29, 1.82) is 0 Å². The number of halogens is 1. The molecule has 1 N–H and O–H groups in total. The Labute approximate surface area is 123 Å². The zero-order chi connectivity index (χ0) is 13.5. The van der Waals surface area contributed by atoms with Crippen molar-refractivity contribution in [1.82, 2.24) is 4.90 Å². The minimum absolute atomic E-state index is 0.0234. The lowest BCUT2D eigenvalue weighted by Crippen LogP contribution is -2.48. The van der Waals surface area contributed by atoms with Crippen molar-refractivity contribution in [3.63, 3.8) is 0 Å². The highest BCUT2D eigenvalue weighted by molar-refractivity contribution is 14.1. The Hall–Kier alpha value is -0.140. The van der Waals surface area contributed by atoms with Gasteiger partial charge in [-0.2, -0.15) is 0 Å². The van der Waals surface area contributed by atoms with Gasteiger partial charge in [-0.15, -0.1) is 0 Å². The highest BCUT2D eigenvalue weighted by Crippen LogP contribution is 2.25. The van der Waals surface area contributed by atoms with Crippen LogP contribution in [0.5, 0.6) is 0 Å². The predicted octanol–water partition coefficient (Wildman–Crippen LogP) is 1.96. The fourth-order valence-electron chi connectivity index (χ4n) is 2.40. The molecule has 1 aliphatic heterocycles. The Balaban J connectivity index is 2.56. The van der Waals surface area contributed by atoms with Crippen molar-refractivity contribution in [3.05, 3.63) is 10.2 Å². The summed E-state index contributed by atoms with van der Waals surface area (Å²) in [5.74, 6) is -0.232. The number of ether oxygens (including phenoxy) is 1. The Morgan fingerprint density at radius 2 is 2.44 bits per heavy atom. The topological polar surface area (TPSA) is 49.8 Å². The van der Waals surface area contributed by atoms with Crippen LogP contribution >= 0.6 is 22.6 Å². The molecular formula is C13H22INO3. The van der Waals surface area contributed by atoms with Gasteiger partial charge in [0.1, 0.15) is 6.10 Å². The summed E-state index contributed by atoms with van der Waals surface area (Å²) in [6.45, 7) is 3.13. The number of rotatable bonds is 5. The molecule has 18 heavy (non-hydrogen) atoms. The lowest BCUT2D eigenvalue weighted by atomic mass is 9.88. The Bertz CT molecular complexity index is 296. The van der Waals surface area contributed by atoms with Crippen LogP contribution in [0.3, 0.4) is 0 Å². The SMILES string of the molecule is CC(=O)OC1CCN([14CH3])CC1C(O)CC/C=C/I. The van der Waals surface area contributed by atoms with Crippen LogP contribution in [0.15, 0.2) is 10.2 Å². The minimum Gasteiger partial charge on any atom is -0.462 e. The van der Waals surface area contributed by atoms with E-state index in [0.717, 1.165) is 32.4 Å². The lowest BCUT2D eigenvalue weighted by molar-refractivity contribution is -0.155. The van der Waals surface area contributed by atoms with Gasteiger partial charge in [-0.1, -0.05) is 28.7 Å². The van der Waals surface area contributed by atoms with E-state index in [0.29, 0.717) is 0 Å². The van der Waals surface area contributed by atoms with Crippen LogP contribution in [-0.4, -0.2) is 48.3 Å². The van der Waals surface area contributed by atoms with Gasteiger partial charge in [0.05, 0.1) is 6.10 Å². The molecular weight excluding hydrogens is 347 g/mol. The highest BCUT2D eigenvalue weighted by Gasteiger charge is 2.34. The summed E-state index contributed by atoms with van der Waals surface area (Å²) in [5.41, 5.74) is 0. The molecule has 0 aromatic rings. The van der Waals surface area contributed by atoms with Gasteiger partial charge in [-0.05, 0) is 30.4 Å². The monoisotopic (exact) mass is 369 g/mol. The molecule has 1 heterocycles. The van der Waals surface area contributed by atoms with Gasteiger partial charge in [-0.25, -0.2) is 0 Å². The first kappa shape index (κ1) is 15.9. The van der Waals surface area contributed by atoms with E-state index in [1.807, 2.05) is 17.2 Å². The summed E-state index contributed by atoms with van der Waals surface area (Å²) in [4.78, 5) is 13.3. The number of esters is 1. The molecule has 1 fully saturated rings. The first-order valence-corrected chi connectivity index (χ1v) is 7.58. The van der Waals surface area contributed by atoms with Gasteiger partial charge in [0, 0.05) is 25.9 Å². The molecule has 4 nitrogen and oxygen atoms in total. The van der Waals surface area contributed by atoms with Crippen LogP contribution in [0, 0.1) is 5.92 Å². The van der Waals surface area contributed by atoms with Gasteiger partial charge in [0.15, 0.2) is 0 Å². The minimum atomic E-state index is -0.412. The number of nitrogens with zero attached hydrogens (tertiary/aromatic N) is 1. The maximum absolute atomic E-state index is 11.1. The van der Waals surface area contributed by atoms with Gasteiger partial charge in [0.2, 0.25) is 0 Å². The molecule has 1 rings (SSSR count). The second-order valence-corrected chi connectivity index (χ2v) is 5.59. The van der Waals surface area contributed by atoms with Crippen LogP contribution < -0.4 is 0 Å². The molecule has 1 saturated heterocycles. The van der Waals surface area contributed by atoms with E-state index in [1.165, 1.54) is 6.92 Å². The van der Waals surface area contributed by atoms with Crippen LogP contribution in [0.2, 0.25) is 0 Å². The third-order valence-electron chi connectivity index (χ3n) is 3.33. The largest absolute Gasteiger partial charge is 0.462 e. The van der Waals surface area contributed by atoms with Gasteiger partial charge in [-0.3, -0.25) is 4.79 Å². The number of piperidine rings is 1. The lowest BCUT2D eigenvalue weighted by Gasteiger charge is -2.38. The second kappa shape index (κ2) is 8.12. The van der Waals surface area contributed by atoms with E-state index in [1.54, 1.807) is 0 Å². The molecule has 0 aromatic heterocycles. The fraction of sp³-hybridized carbons (Fsp3) is 0.769. The van der Waals surface area contributed by atoms with Gasteiger partial charge in [0.25, 0.3) is 0 Å². The average molecular weight is 369 g/mol. The average Bonchev–Trinajstić information content (AvgIpc) is 2.31. The standard InChI is InChI=1S/C13H22INO3/c1-10(16)18-13-6-8-15(2)9-11(13)12(17)5-3-4-7-14/h4,7,11-13,17H,3,5-6,8-9H2,1-2H3/b7-4+/i2+2. The molecule has 5 heteroatoms. The van der Waals surface area contributed by atoms with Crippen molar-refractivity contribution in [2.75, 3.05) is 20.1 Å². The van der Waals surface area contributed by atoms with Crippen molar-refractivity contribution < 1.29 is 14.6 Å². The van der Waals surface area contributed by atoms with Crippen molar-refractivity contribution in [2.24, 2.45) is 5.92 Å². The maximum Gasteiger partial charge on any atom is 0.302 e. The fourth-order valence-corrected chi connectivity index (χ4v) is 2.76. The van der Waals surface area contributed by atoms with Gasteiger partial charge >= 0.3 is 5.97 Å². The predicted molar refractivity (Wildman–Crippen MR) is 79.6 cm³/mol. The highest BCUT2D eigenvalue weighted by atomic mass is 127. The number of hydrogen-bond acceptors (Lipinski definition) is 4. The number of allylic oxidation sites excluding steroid dienone is 1. The zero-order valence-electron chi connectivity index (χ0n) is 11.0. The second-order valence-electron chi connectivity index (χ2n) is 4.87. The number of likely N-dealkylation sites (tertiary alicyclic amines) is 1. The maximum atomic E-state index is 11.1. The summed E-state index contributed by atoms with van der Waals surface area (Å²) >= 11 is 2.17.